The molecule has 0 unspecified atom stereocenters. The van der Waals surface area contributed by atoms with Gasteiger partial charge in [-0.3, -0.25) is 24.0 Å². The Morgan fingerprint density at radius 2 is 1.36 bits per heavy atom. The van der Waals surface area contributed by atoms with E-state index in [2.05, 4.69) is 31.3 Å². The van der Waals surface area contributed by atoms with Gasteiger partial charge in [-0.1, -0.05) is 58.0 Å². The van der Waals surface area contributed by atoms with Gasteiger partial charge in [-0.15, -0.1) is 0 Å². The molecule has 8 N–H and O–H groups in total. The van der Waals surface area contributed by atoms with Crippen LogP contribution in [-0.4, -0.2) is 110 Å². The number of rotatable bonds is 19. The minimum Gasteiger partial charge on any atom is -0.465 e. The third-order valence-corrected chi connectivity index (χ3v) is 8.19. The lowest BCUT2D eigenvalue weighted by Crippen LogP contribution is -2.60. The van der Waals surface area contributed by atoms with E-state index >= 15 is 0 Å². The average Bonchev–Trinajstić information content (AvgIpc) is 3.16. The first-order chi connectivity index (χ1) is 26.4. The lowest BCUT2D eigenvalue weighted by molar-refractivity contribution is -0.154. The molecule has 0 heterocycles. The molecule has 2 aromatic rings. The lowest BCUT2D eigenvalue weighted by Gasteiger charge is -2.29. The summed E-state index contributed by atoms with van der Waals surface area (Å²) < 4.78 is 14.1. The Morgan fingerprint density at radius 3 is 1.88 bits per heavy atom. The van der Waals surface area contributed by atoms with Crippen LogP contribution >= 0.6 is 0 Å². The van der Waals surface area contributed by atoms with E-state index in [0.29, 0.717) is 5.56 Å². The van der Waals surface area contributed by atoms with Gasteiger partial charge in [0, 0.05) is 12.2 Å². The van der Waals surface area contributed by atoms with E-state index in [-0.39, 0.29) is 42.2 Å². The van der Waals surface area contributed by atoms with Crippen molar-refractivity contribution >= 4 is 53.1 Å². The highest BCUT2D eigenvalue weighted by molar-refractivity contribution is 6.32. The van der Waals surface area contributed by atoms with Gasteiger partial charge in [-0.05, 0) is 55.4 Å². The number of nitrogens with one attached hydrogen (secondary N) is 5. The number of methoxy groups -OCH3 is 2. The van der Waals surface area contributed by atoms with Gasteiger partial charge < -0.3 is 51.6 Å². The predicted octanol–water partition coefficient (Wildman–Crippen LogP) is -0.0350. The average molecular weight is 785 g/mol. The van der Waals surface area contributed by atoms with Crippen LogP contribution in [0.1, 0.15) is 67.3 Å². The number of hydrogen-bond donors (Lipinski definition) is 7. The standard InChI is InChI=1S/C38H52N6O12/c1-8-56-38(53)35(50)40-19-26(39)31(46)44-29(21(4)5)33(48)43-28(14-20(2)3)32(47)42-27(15-22-12-10-9-11-13-22)30(45)34(49)41-25-17-23(36(51)54-6)16-24(18-25)37(52)55-7/h9-13,16-18,20-21,26-30,45H,8,14-15,19,39H2,1-7H3,(H,40,50)(H,41,49)(H,42,47)(H,43,48)(H,44,46)/t26-,27-,28-,29-,30+/m0/s1. The van der Waals surface area contributed by atoms with Crippen LogP contribution < -0.4 is 32.3 Å². The molecule has 0 aliphatic rings. The molecule has 0 radical (unpaired) electrons. The zero-order chi connectivity index (χ0) is 42.1. The van der Waals surface area contributed by atoms with E-state index in [9.17, 15) is 43.5 Å². The van der Waals surface area contributed by atoms with Gasteiger partial charge in [0.15, 0.2) is 6.10 Å². The minimum atomic E-state index is -1.90. The monoisotopic (exact) mass is 784 g/mol. The lowest BCUT2D eigenvalue weighted by atomic mass is 9.97. The van der Waals surface area contributed by atoms with Crippen LogP contribution in [0, 0.1) is 11.8 Å². The zero-order valence-corrected chi connectivity index (χ0v) is 32.5. The smallest absolute Gasteiger partial charge is 0.396 e. The molecule has 18 heteroatoms. The number of aliphatic hydroxyl groups is 1. The highest BCUT2D eigenvalue weighted by Crippen LogP contribution is 2.19. The predicted molar refractivity (Wildman–Crippen MR) is 202 cm³/mol. The first-order valence-corrected chi connectivity index (χ1v) is 17.9. The summed E-state index contributed by atoms with van der Waals surface area (Å²) in [6.45, 7) is 7.98. The molecule has 0 saturated heterocycles. The molecule has 0 aliphatic carbocycles. The zero-order valence-electron chi connectivity index (χ0n) is 32.5. The Labute approximate surface area is 324 Å². The fraction of sp³-hybridized carbons (Fsp3) is 0.474. The molecule has 0 aromatic heterocycles. The number of aliphatic hydroxyl groups excluding tert-OH is 1. The summed E-state index contributed by atoms with van der Waals surface area (Å²) in [5.41, 5.74) is 6.34. The topological polar surface area (TPSA) is 271 Å². The summed E-state index contributed by atoms with van der Waals surface area (Å²) in [5, 5.41) is 23.9. The molecular formula is C38H52N6O12. The molecule has 0 saturated carbocycles. The molecule has 18 nitrogen and oxygen atoms in total. The van der Waals surface area contributed by atoms with Gasteiger partial charge >= 0.3 is 23.8 Å². The number of anilines is 1. The minimum absolute atomic E-state index is 0.0292. The van der Waals surface area contributed by atoms with Crippen LogP contribution in [-0.2, 0) is 49.4 Å². The third kappa shape index (κ3) is 14.4. The van der Waals surface area contributed by atoms with E-state index in [0.717, 1.165) is 14.2 Å². The number of amides is 5. The molecule has 5 atom stereocenters. The van der Waals surface area contributed by atoms with Crippen molar-refractivity contribution in [3.8, 4) is 0 Å². The molecule has 0 fully saturated rings. The molecule has 306 valence electrons. The van der Waals surface area contributed by atoms with E-state index in [4.69, 9.17) is 15.2 Å². The van der Waals surface area contributed by atoms with Crippen molar-refractivity contribution in [3.63, 3.8) is 0 Å². The summed E-state index contributed by atoms with van der Waals surface area (Å²) in [7, 11) is 2.27. The number of ether oxygens (including phenoxy) is 3. The molecule has 0 bridgehead atoms. The summed E-state index contributed by atoms with van der Waals surface area (Å²) in [6.07, 6.45) is -1.81. The SMILES string of the molecule is CCOC(=O)C(=O)NC[C@H](N)C(=O)N[C@H](C(=O)N[C@@H](CC(C)C)C(=O)N[C@@H](Cc1ccccc1)[C@@H](O)C(=O)Nc1cc(C(=O)OC)cc(C(=O)OC)c1)C(C)C. The Kier molecular flexibility index (Phi) is 18.6. The van der Waals surface area contributed by atoms with Crippen molar-refractivity contribution in [3.05, 3.63) is 65.2 Å². The Hall–Kier alpha value is -5.88. The first kappa shape index (κ1) is 46.3. The van der Waals surface area contributed by atoms with Gasteiger partial charge in [0.1, 0.15) is 18.1 Å². The quantitative estimate of drug-likeness (QED) is 0.0561. The second kappa shape index (κ2) is 22.5. The van der Waals surface area contributed by atoms with E-state index < -0.39 is 90.2 Å². The molecule has 5 amide bonds. The number of hydrogen-bond acceptors (Lipinski definition) is 13. The Morgan fingerprint density at radius 1 is 0.768 bits per heavy atom. The Balaban J connectivity index is 2.32. The normalized spacial score (nSPS) is 13.6. The molecule has 56 heavy (non-hydrogen) atoms. The van der Waals surface area contributed by atoms with Crippen molar-refractivity contribution in [1.29, 1.82) is 0 Å². The summed E-state index contributed by atoms with van der Waals surface area (Å²) >= 11 is 0. The second-order valence-electron chi connectivity index (χ2n) is 13.5. The van der Waals surface area contributed by atoms with Gasteiger partial charge in [-0.2, -0.15) is 0 Å². The first-order valence-electron chi connectivity index (χ1n) is 17.9. The number of esters is 3. The van der Waals surface area contributed by atoms with Gasteiger partial charge in [-0.25, -0.2) is 14.4 Å². The maximum absolute atomic E-state index is 13.9. The van der Waals surface area contributed by atoms with Crippen molar-refractivity contribution in [2.24, 2.45) is 17.6 Å². The van der Waals surface area contributed by atoms with Crippen LogP contribution in [0.4, 0.5) is 5.69 Å². The fourth-order valence-corrected chi connectivity index (χ4v) is 5.29. The number of carbonyl (C=O) groups excluding carboxylic acids is 8. The summed E-state index contributed by atoms with van der Waals surface area (Å²) in [5.74, 6) is -7.78. The Bertz CT molecular complexity index is 1680. The maximum Gasteiger partial charge on any atom is 0.396 e. The molecule has 0 aliphatic heterocycles. The van der Waals surface area contributed by atoms with Crippen LogP contribution in [0.2, 0.25) is 0 Å². The van der Waals surface area contributed by atoms with Crippen LogP contribution in [0.25, 0.3) is 0 Å². The van der Waals surface area contributed by atoms with Gasteiger partial charge in [0.25, 0.3) is 5.91 Å². The van der Waals surface area contributed by atoms with E-state index in [1.165, 1.54) is 25.1 Å². The third-order valence-electron chi connectivity index (χ3n) is 8.19. The number of benzene rings is 2. The highest BCUT2D eigenvalue weighted by Gasteiger charge is 2.34. The van der Waals surface area contributed by atoms with Crippen molar-refractivity contribution in [2.75, 3.05) is 32.7 Å². The maximum atomic E-state index is 13.9. The van der Waals surface area contributed by atoms with E-state index in [1.807, 2.05) is 13.8 Å². The second-order valence-corrected chi connectivity index (χ2v) is 13.5. The fourth-order valence-electron chi connectivity index (χ4n) is 5.29. The van der Waals surface area contributed by atoms with Crippen molar-refractivity contribution in [1.82, 2.24) is 21.3 Å². The van der Waals surface area contributed by atoms with Crippen molar-refractivity contribution in [2.45, 2.75) is 77.7 Å². The van der Waals surface area contributed by atoms with Crippen LogP contribution in [0.5, 0.6) is 0 Å². The van der Waals surface area contributed by atoms with Gasteiger partial charge in [0.2, 0.25) is 17.7 Å². The molecular weight excluding hydrogens is 732 g/mol. The number of nitrogens with two attached hydrogens (primary N) is 1. The van der Waals surface area contributed by atoms with Gasteiger partial charge in [0.05, 0.1) is 38.0 Å². The summed E-state index contributed by atoms with van der Waals surface area (Å²) in [4.78, 5) is 102. The highest BCUT2D eigenvalue weighted by atomic mass is 16.5. The van der Waals surface area contributed by atoms with Crippen LogP contribution in [0.15, 0.2) is 48.5 Å². The summed E-state index contributed by atoms with van der Waals surface area (Å²) in [6, 6.07) is 7.35. The largest absolute Gasteiger partial charge is 0.465 e. The molecule has 0 spiro atoms. The molecule has 2 rings (SSSR count). The van der Waals surface area contributed by atoms with E-state index in [1.54, 1.807) is 44.2 Å². The van der Waals surface area contributed by atoms with Crippen LogP contribution in [0.3, 0.4) is 0 Å². The number of carbonyl (C=O) groups is 8. The molecule has 2 aromatic carbocycles. The van der Waals surface area contributed by atoms with Crippen molar-refractivity contribution < 1.29 is 57.7 Å².